The van der Waals surface area contributed by atoms with Crippen LogP contribution in [0.15, 0.2) is 42.5 Å². The molecule has 0 unspecified atom stereocenters. The van der Waals surface area contributed by atoms with Crippen LogP contribution in [0.1, 0.15) is 23.1 Å². The fourth-order valence-electron chi connectivity index (χ4n) is 2.73. The first-order valence-corrected chi connectivity index (χ1v) is 6.82. The summed E-state index contributed by atoms with van der Waals surface area (Å²) in [5.74, 6) is 1.89. The van der Waals surface area contributed by atoms with Gasteiger partial charge in [0.15, 0.2) is 0 Å². The molecule has 0 N–H and O–H groups in total. The number of fused-ring (bicyclic) bond motifs is 1. The number of allylic oxidation sites excluding steroid dienone is 1. The second kappa shape index (κ2) is 5.41. The molecule has 2 nitrogen and oxygen atoms in total. The predicted molar refractivity (Wildman–Crippen MR) is 82.2 cm³/mol. The van der Waals surface area contributed by atoms with Crippen LogP contribution in [0.4, 0.5) is 0 Å². The minimum atomic E-state index is 0.896. The Balaban J connectivity index is 1.97. The van der Waals surface area contributed by atoms with Gasteiger partial charge in [-0.25, -0.2) is 0 Å². The van der Waals surface area contributed by atoms with Gasteiger partial charge < -0.3 is 9.47 Å². The molecule has 102 valence electrons. The van der Waals surface area contributed by atoms with Crippen molar-refractivity contribution in [2.24, 2.45) is 0 Å². The Bertz CT molecular complexity index is 639. The molecule has 0 amide bonds. The first-order chi connectivity index (χ1) is 9.81. The normalized spacial score (nSPS) is 13.4. The maximum atomic E-state index is 5.44. The van der Waals surface area contributed by atoms with E-state index in [0.29, 0.717) is 0 Å². The highest BCUT2D eigenvalue weighted by atomic mass is 16.5. The van der Waals surface area contributed by atoms with E-state index in [9.17, 15) is 0 Å². The summed E-state index contributed by atoms with van der Waals surface area (Å²) in [6.45, 7) is 0. The third kappa shape index (κ3) is 2.29. The standard InChI is InChI=1S/C18H18O2/c1-19-16-9-6-13(7-10-16)14-8-11-17-15(12-14)4-3-5-18(17)20-2/h3-7,9-10,12H,8,11H2,1-2H3. The van der Waals surface area contributed by atoms with E-state index in [4.69, 9.17) is 9.47 Å². The van der Waals surface area contributed by atoms with Crippen molar-refractivity contribution in [1.29, 1.82) is 0 Å². The molecule has 0 spiro atoms. The van der Waals surface area contributed by atoms with Gasteiger partial charge in [-0.1, -0.05) is 30.3 Å². The minimum absolute atomic E-state index is 0.896. The molecule has 0 fully saturated rings. The van der Waals surface area contributed by atoms with E-state index < -0.39 is 0 Å². The average Bonchev–Trinajstić information content (AvgIpc) is 2.53. The van der Waals surface area contributed by atoms with Gasteiger partial charge in [0, 0.05) is 5.56 Å². The second-order valence-corrected chi connectivity index (χ2v) is 4.93. The summed E-state index contributed by atoms with van der Waals surface area (Å²) in [5.41, 5.74) is 5.21. The predicted octanol–water partition coefficient (Wildman–Crippen LogP) is 4.19. The van der Waals surface area contributed by atoms with Crippen molar-refractivity contribution in [2.45, 2.75) is 12.8 Å². The monoisotopic (exact) mass is 266 g/mol. The van der Waals surface area contributed by atoms with Crippen molar-refractivity contribution in [3.8, 4) is 11.5 Å². The summed E-state index contributed by atoms with van der Waals surface area (Å²) < 4.78 is 10.6. The van der Waals surface area contributed by atoms with E-state index in [1.165, 1.54) is 22.3 Å². The Morgan fingerprint density at radius 2 is 1.65 bits per heavy atom. The summed E-state index contributed by atoms with van der Waals surface area (Å²) in [5, 5.41) is 0. The number of benzene rings is 2. The van der Waals surface area contributed by atoms with E-state index in [0.717, 1.165) is 24.3 Å². The molecule has 0 saturated heterocycles. The van der Waals surface area contributed by atoms with E-state index in [1.54, 1.807) is 14.2 Å². The Kier molecular flexibility index (Phi) is 3.46. The highest BCUT2D eigenvalue weighted by molar-refractivity contribution is 5.85. The van der Waals surface area contributed by atoms with Gasteiger partial charge in [0.2, 0.25) is 0 Å². The molecule has 0 aromatic heterocycles. The van der Waals surface area contributed by atoms with Crippen LogP contribution in [0.5, 0.6) is 11.5 Å². The molecule has 2 aromatic carbocycles. The van der Waals surface area contributed by atoms with E-state index >= 15 is 0 Å². The van der Waals surface area contributed by atoms with Gasteiger partial charge in [0.1, 0.15) is 11.5 Å². The van der Waals surface area contributed by atoms with Crippen LogP contribution in [-0.2, 0) is 6.42 Å². The molecule has 0 atom stereocenters. The van der Waals surface area contributed by atoms with Crippen molar-refractivity contribution < 1.29 is 9.47 Å². The zero-order valence-electron chi connectivity index (χ0n) is 11.8. The fraction of sp³-hybridized carbons (Fsp3) is 0.222. The van der Waals surface area contributed by atoms with Crippen LogP contribution in [-0.4, -0.2) is 14.2 Å². The number of rotatable bonds is 3. The van der Waals surface area contributed by atoms with Crippen molar-refractivity contribution in [3.63, 3.8) is 0 Å². The van der Waals surface area contributed by atoms with E-state index in [-0.39, 0.29) is 0 Å². The van der Waals surface area contributed by atoms with E-state index in [2.05, 4.69) is 24.3 Å². The Hall–Kier alpha value is -2.22. The lowest BCUT2D eigenvalue weighted by Gasteiger charge is -2.19. The summed E-state index contributed by atoms with van der Waals surface area (Å²) in [6.07, 6.45) is 4.33. The number of ether oxygens (including phenoxy) is 2. The quantitative estimate of drug-likeness (QED) is 0.829. The van der Waals surface area contributed by atoms with Crippen molar-refractivity contribution in [2.75, 3.05) is 14.2 Å². The van der Waals surface area contributed by atoms with Crippen LogP contribution in [0.2, 0.25) is 0 Å². The van der Waals surface area contributed by atoms with Gasteiger partial charge in [-0.2, -0.15) is 0 Å². The van der Waals surface area contributed by atoms with Gasteiger partial charge in [-0.05, 0) is 47.7 Å². The molecule has 2 heteroatoms. The summed E-state index contributed by atoms with van der Waals surface area (Å²) in [6, 6.07) is 14.5. The minimum Gasteiger partial charge on any atom is -0.497 e. The van der Waals surface area contributed by atoms with Crippen LogP contribution >= 0.6 is 0 Å². The zero-order valence-corrected chi connectivity index (χ0v) is 11.8. The third-order valence-electron chi connectivity index (χ3n) is 3.82. The number of hydrogen-bond donors (Lipinski definition) is 0. The van der Waals surface area contributed by atoms with Crippen molar-refractivity contribution >= 4 is 11.6 Å². The first kappa shape index (κ1) is 12.8. The molecular weight excluding hydrogens is 248 g/mol. The smallest absolute Gasteiger partial charge is 0.122 e. The molecule has 2 aromatic rings. The van der Waals surface area contributed by atoms with Crippen LogP contribution in [0, 0.1) is 0 Å². The van der Waals surface area contributed by atoms with Gasteiger partial charge in [-0.15, -0.1) is 0 Å². The van der Waals surface area contributed by atoms with Crippen LogP contribution < -0.4 is 9.47 Å². The average molecular weight is 266 g/mol. The Morgan fingerprint density at radius 3 is 2.35 bits per heavy atom. The Morgan fingerprint density at radius 1 is 0.850 bits per heavy atom. The highest BCUT2D eigenvalue weighted by Gasteiger charge is 2.15. The molecule has 0 heterocycles. The lowest BCUT2D eigenvalue weighted by molar-refractivity contribution is 0.409. The lowest BCUT2D eigenvalue weighted by atomic mass is 9.88. The van der Waals surface area contributed by atoms with Crippen LogP contribution in [0.3, 0.4) is 0 Å². The van der Waals surface area contributed by atoms with E-state index in [1.807, 2.05) is 24.3 Å². The molecule has 0 saturated carbocycles. The molecule has 1 aliphatic rings. The summed E-state index contributed by atoms with van der Waals surface area (Å²) in [4.78, 5) is 0. The van der Waals surface area contributed by atoms with Gasteiger partial charge in [0.05, 0.1) is 14.2 Å². The largest absolute Gasteiger partial charge is 0.497 e. The molecular formula is C18H18O2. The highest BCUT2D eigenvalue weighted by Crippen LogP contribution is 2.35. The SMILES string of the molecule is COc1ccc(C2=Cc3cccc(OC)c3CC2)cc1. The number of methoxy groups -OCH3 is 2. The maximum Gasteiger partial charge on any atom is 0.122 e. The Labute approximate surface area is 119 Å². The molecule has 3 rings (SSSR count). The zero-order chi connectivity index (χ0) is 13.9. The molecule has 0 bridgehead atoms. The molecule has 1 aliphatic carbocycles. The summed E-state index contributed by atoms with van der Waals surface area (Å²) in [7, 11) is 3.43. The van der Waals surface area contributed by atoms with Crippen LogP contribution in [0.25, 0.3) is 11.6 Å². The maximum absolute atomic E-state index is 5.44. The molecule has 0 radical (unpaired) electrons. The topological polar surface area (TPSA) is 18.5 Å². The molecule has 0 aliphatic heterocycles. The molecule has 20 heavy (non-hydrogen) atoms. The van der Waals surface area contributed by atoms with Gasteiger partial charge in [0.25, 0.3) is 0 Å². The third-order valence-corrected chi connectivity index (χ3v) is 3.82. The van der Waals surface area contributed by atoms with Crippen molar-refractivity contribution in [3.05, 3.63) is 59.2 Å². The lowest BCUT2D eigenvalue weighted by Crippen LogP contribution is -2.01. The number of hydrogen-bond acceptors (Lipinski definition) is 2. The summed E-state index contributed by atoms with van der Waals surface area (Å²) >= 11 is 0. The fourth-order valence-corrected chi connectivity index (χ4v) is 2.73. The van der Waals surface area contributed by atoms with Gasteiger partial charge >= 0.3 is 0 Å². The van der Waals surface area contributed by atoms with Gasteiger partial charge in [-0.3, -0.25) is 0 Å². The first-order valence-electron chi connectivity index (χ1n) is 6.82. The van der Waals surface area contributed by atoms with Crippen molar-refractivity contribution in [1.82, 2.24) is 0 Å². The second-order valence-electron chi connectivity index (χ2n) is 4.93.